The van der Waals surface area contributed by atoms with E-state index in [1.165, 1.54) is 14.0 Å². The largest absolute Gasteiger partial charge is 0.508 e. The lowest BCUT2D eigenvalue weighted by atomic mass is 9.99. The molecule has 1 N–H and O–H groups in total. The molecule has 0 saturated heterocycles. The van der Waals surface area contributed by atoms with Gasteiger partial charge in [-0.3, -0.25) is 4.79 Å². The summed E-state index contributed by atoms with van der Waals surface area (Å²) in [6.07, 6.45) is 6.45. The Kier molecular flexibility index (Phi) is 5.52. The van der Waals surface area contributed by atoms with Crippen molar-refractivity contribution in [2.24, 2.45) is 0 Å². The molecule has 1 rings (SSSR count). The lowest BCUT2D eigenvalue weighted by molar-refractivity contribution is -0.120. The van der Waals surface area contributed by atoms with Crippen LogP contribution in [-0.2, 0) is 14.3 Å². The fourth-order valence-corrected chi connectivity index (χ4v) is 1.85. The second-order valence-electron chi connectivity index (χ2n) is 4.06. The number of hydrogen-bond acceptors (Lipinski definition) is 4. The van der Waals surface area contributed by atoms with E-state index < -0.39 is 12.3 Å². The Balaban J connectivity index is 2.69. The SMILES string of the molecule is COC(=O)OC1/C=C/CCCCC1NC(C)=O. The van der Waals surface area contributed by atoms with Crippen LogP contribution in [-0.4, -0.2) is 31.3 Å². The summed E-state index contributed by atoms with van der Waals surface area (Å²) in [4.78, 5) is 22.2. The molecule has 0 spiro atoms. The summed E-state index contributed by atoms with van der Waals surface area (Å²) < 4.78 is 9.60. The van der Waals surface area contributed by atoms with Gasteiger partial charge in [-0.25, -0.2) is 4.79 Å². The number of rotatable bonds is 2. The predicted molar refractivity (Wildman–Crippen MR) is 62.5 cm³/mol. The van der Waals surface area contributed by atoms with Gasteiger partial charge >= 0.3 is 6.16 Å². The summed E-state index contributed by atoms with van der Waals surface area (Å²) >= 11 is 0. The molecule has 0 bridgehead atoms. The standard InChI is InChI=1S/C12H19NO4/c1-9(14)13-10-7-5-3-4-6-8-11(10)17-12(15)16-2/h6,8,10-11H,3-5,7H2,1-2H3,(H,13,14)/b8-6+. The Morgan fingerprint density at radius 2 is 2.12 bits per heavy atom. The van der Waals surface area contributed by atoms with E-state index in [4.69, 9.17) is 4.74 Å². The monoisotopic (exact) mass is 241 g/mol. The van der Waals surface area contributed by atoms with Crippen LogP contribution in [0.4, 0.5) is 4.79 Å². The van der Waals surface area contributed by atoms with Crippen molar-refractivity contribution in [3.63, 3.8) is 0 Å². The zero-order valence-corrected chi connectivity index (χ0v) is 10.3. The van der Waals surface area contributed by atoms with E-state index in [9.17, 15) is 9.59 Å². The predicted octanol–water partition coefficient (Wildman–Crippen LogP) is 1.77. The van der Waals surface area contributed by atoms with Crippen molar-refractivity contribution in [1.82, 2.24) is 5.32 Å². The van der Waals surface area contributed by atoms with Crippen LogP contribution < -0.4 is 5.32 Å². The molecule has 17 heavy (non-hydrogen) atoms. The van der Waals surface area contributed by atoms with Crippen LogP contribution in [0, 0.1) is 0 Å². The van der Waals surface area contributed by atoms with Crippen LogP contribution in [0.2, 0.25) is 0 Å². The van der Waals surface area contributed by atoms with Gasteiger partial charge in [-0.1, -0.05) is 12.5 Å². The highest BCUT2D eigenvalue weighted by molar-refractivity contribution is 5.73. The van der Waals surface area contributed by atoms with E-state index in [0.717, 1.165) is 25.7 Å². The fraction of sp³-hybridized carbons (Fsp3) is 0.667. The summed E-state index contributed by atoms with van der Waals surface area (Å²) in [5, 5.41) is 2.81. The smallest absolute Gasteiger partial charge is 0.438 e. The number of nitrogens with one attached hydrogen (secondary N) is 1. The molecule has 0 radical (unpaired) electrons. The van der Waals surface area contributed by atoms with Crippen molar-refractivity contribution in [2.45, 2.75) is 44.8 Å². The van der Waals surface area contributed by atoms with Gasteiger partial charge in [-0.05, 0) is 25.3 Å². The molecule has 96 valence electrons. The highest BCUT2D eigenvalue weighted by Gasteiger charge is 2.24. The third-order valence-corrected chi connectivity index (χ3v) is 2.65. The van der Waals surface area contributed by atoms with Crippen LogP contribution in [0.25, 0.3) is 0 Å². The van der Waals surface area contributed by atoms with Gasteiger partial charge in [-0.15, -0.1) is 0 Å². The molecule has 0 aromatic carbocycles. The highest BCUT2D eigenvalue weighted by Crippen LogP contribution is 2.16. The summed E-state index contributed by atoms with van der Waals surface area (Å²) in [7, 11) is 1.27. The van der Waals surface area contributed by atoms with E-state index in [1.54, 1.807) is 0 Å². The summed E-state index contributed by atoms with van der Waals surface area (Å²) in [5.41, 5.74) is 0. The Hall–Kier alpha value is -1.52. The number of ether oxygens (including phenoxy) is 2. The third-order valence-electron chi connectivity index (χ3n) is 2.65. The van der Waals surface area contributed by atoms with E-state index >= 15 is 0 Å². The maximum Gasteiger partial charge on any atom is 0.508 e. The maximum absolute atomic E-state index is 11.1. The van der Waals surface area contributed by atoms with E-state index in [1.807, 2.05) is 12.2 Å². The Morgan fingerprint density at radius 1 is 1.35 bits per heavy atom. The van der Waals surface area contributed by atoms with Crippen molar-refractivity contribution >= 4 is 12.1 Å². The van der Waals surface area contributed by atoms with Gasteiger partial charge in [0.25, 0.3) is 0 Å². The molecule has 0 aromatic rings. The molecule has 5 heteroatoms. The third kappa shape index (κ3) is 4.89. The minimum Gasteiger partial charge on any atom is -0.438 e. The topological polar surface area (TPSA) is 64.6 Å². The number of carbonyl (C=O) groups excluding carboxylic acids is 2. The molecule has 2 unspecified atom stereocenters. The van der Waals surface area contributed by atoms with Crippen LogP contribution in [0.1, 0.15) is 32.6 Å². The molecule has 1 aliphatic rings. The highest BCUT2D eigenvalue weighted by atomic mass is 16.7. The van der Waals surface area contributed by atoms with Crippen molar-refractivity contribution in [3.05, 3.63) is 12.2 Å². The molecular weight excluding hydrogens is 222 g/mol. The zero-order chi connectivity index (χ0) is 12.7. The molecule has 5 nitrogen and oxygen atoms in total. The Labute approximate surface area is 101 Å². The number of allylic oxidation sites excluding steroid dienone is 1. The molecule has 0 saturated carbocycles. The van der Waals surface area contributed by atoms with Crippen molar-refractivity contribution in [2.75, 3.05) is 7.11 Å². The van der Waals surface area contributed by atoms with E-state index in [2.05, 4.69) is 10.1 Å². The molecular formula is C12H19NO4. The number of hydrogen-bond donors (Lipinski definition) is 1. The average Bonchev–Trinajstić information content (AvgIpc) is 2.26. The Bertz CT molecular complexity index is 301. The van der Waals surface area contributed by atoms with Crippen molar-refractivity contribution in [3.8, 4) is 0 Å². The van der Waals surface area contributed by atoms with Crippen LogP contribution in [0.5, 0.6) is 0 Å². The first-order chi connectivity index (χ1) is 8.13. The van der Waals surface area contributed by atoms with Gasteiger partial charge in [0, 0.05) is 6.92 Å². The van der Waals surface area contributed by atoms with Gasteiger partial charge in [0.15, 0.2) is 0 Å². The van der Waals surface area contributed by atoms with E-state index in [-0.39, 0.29) is 11.9 Å². The summed E-state index contributed by atoms with van der Waals surface area (Å²) in [6, 6.07) is -0.178. The van der Waals surface area contributed by atoms with Gasteiger partial charge in [-0.2, -0.15) is 0 Å². The average molecular weight is 241 g/mol. The van der Waals surface area contributed by atoms with Crippen molar-refractivity contribution in [1.29, 1.82) is 0 Å². The van der Waals surface area contributed by atoms with Crippen molar-refractivity contribution < 1.29 is 19.1 Å². The summed E-state index contributed by atoms with van der Waals surface area (Å²) in [5.74, 6) is -0.123. The molecule has 2 atom stereocenters. The minimum atomic E-state index is -0.726. The number of methoxy groups -OCH3 is 1. The quantitative estimate of drug-likeness (QED) is 0.591. The van der Waals surface area contributed by atoms with Crippen LogP contribution >= 0.6 is 0 Å². The fourth-order valence-electron chi connectivity index (χ4n) is 1.85. The second-order valence-corrected chi connectivity index (χ2v) is 4.06. The zero-order valence-electron chi connectivity index (χ0n) is 10.3. The molecule has 0 aromatic heterocycles. The normalized spacial score (nSPS) is 26.2. The first-order valence-electron chi connectivity index (χ1n) is 5.82. The maximum atomic E-state index is 11.1. The van der Waals surface area contributed by atoms with Gasteiger partial charge < -0.3 is 14.8 Å². The van der Waals surface area contributed by atoms with Crippen LogP contribution in [0.3, 0.4) is 0 Å². The molecule has 0 aliphatic heterocycles. The van der Waals surface area contributed by atoms with Gasteiger partial charge in [0.05, 0.1) is 13.2 Å². The van der Waals surface area contributed by atoms with Gasteiger partial charge in [0.1, 0.15) is 6.10 Å². The molecule has 0 heterocycles. The first-order valence-corrected chi connectivity index (χ1v) is 5.82. The molecule has 1 aliphatic carbocycles. The molecule has 0 fully saturated rings. The molecule has 1 amide bonds. The van der Waals surface area contributed by atoms with Crippen LogP contribution in [0.15, 0.2) is 12.2 Å². The lowest BCUT2D eigenvalue weighted by Crippen LogP contribution is -2.44. The number of amides is 1. The lowest BCUT2D eigenvalue weighted by Gasteiger charge is -2.26. The second kappa shape index (κ2) is 6.93. The Morgan fingerprint density at radius 3 is 2.76 bits per heavy atom. The summed E-state index contributed by atoms with van der Waals surface area (Å²) in [6.45, 7) is 1.46. The minimum absolute atomic E-state index is 0.123. The number of carbonyl (C=O) groups is 2. The van der Waals surface area contributed by atoms with Gasteiger partial charge in [0.2, 0.25) is 5.91 Å². The first kappa shape index (κ1) is 13.5. The van der Waals surface area contributed by atoms with E-state index in [0.29, 0.717) is 0 Å².